The predicted molar refractivity (Wildman–Crippen MR) is 94.7 cm³/mol. The quantitative estimate of drug-likeness (QED) is 0.930. The number of aryl methyl sites for hydroxylation is 1. The fourth-order valence-corrected chi connectivity index (χ4v) is 3.25. The number of furan rings is 1. The molecule has 2 aliphatic rings. The summed E-state index contributed by atoms with van der Waals surface area (Å²) >= 11 is 0. The second-order valence-corrected chi connectivity index (χ2v) is 6.81. The minimum atomic E-state index is -0.0651. The molecule has 4 rings (SSSR count). The highest BCUT2D eigenvalue weighted by atomic mass is 16.3. The van der Waals surface area contributed by atoms with Crippen LogP contribution in [0.2, 0.25) is 0 Å². The number of rotatable bonds is 4. The average Bonchev–Trinajstić information content (AvgIpc) is 3.33. The Morgan fingerprint density at radius 2 is 2.12 bits per heavy atom. The third kappa shape index (κ3) is 3.12. The second-order valence-electron chi connectivity index (χ2n) is 6.81. The van der Waals surface area contributed by atoms with Gasteiger partial charge in [0.05, 0.1) is 24.5 Å². The normalized spacial score (nSPS) is 16.4. The molecule has 6 nitrogen and oxygen atoms in total. The van der Waals surface area contributed by atoms with Crippen LogP contribution < -0.4 is 10.2 Å². The van der Waals surface area contributed by atoms with Gasteiger partial charge in [0.2, 0.25) is 5.91 Å². The molecule has 0 bridgehead atoms. The lowest BCUT2D eigenvalue weighted by molar-refractivity contribution is -0.115. The molecule has 0 atom stereocenters. The Balaban J connectivity index is 1.60. The summed E-state index contributed by atoms with van der Waals surface area (Å²) in [5.74, 6) is 1.55. The molecule has 2 amide bonds. The van der Waals surface area contributed by atoms with E-state index in [0.717, 1.165) is 30.0 Å². The first-order valence-corrected chi connectivity index (χ1v) is 8.52. The van der Waals surface area contributed by atoms with Crippen molar-refractivity contribution in [1.29, 1.82) is 0 Å². The number of carbonyl (C=O) groups excluding carboxylic acids is 2. The van der Waals surface area contributed by atoms with Gasteiger partial charge in [0.15, 0.2) is 0 Å². The van der Waals surface area contributed by atoms with Gasteiger partial charge < -0.3 is 19.5 Å². The molecule has 1 aliphatic carbocycles. The highest BCUT2D eigenvalue weighted by molar-refractivity contribution is 6.04. The number of benzene rings is 1. The van der Waals surface area contributed by atoms with Crippen LogP contribution in [0.25, 0.3) is 0 Å². The summed E-state index contributed by atoms with van der Waals surface area (Å²) in [6.45, 7) is 2.70. The van der Waals surface area contributed by atoms with Gasteiger partial charge in [0.25, 0.3) is 5.91 Å². The van der Waals surface area contributed by atoms with E-state index in [1.807, 2.05) is 48.0 Å². The van der Waals surface area contributed by atoms with Crippen LogP contribution in [0, 0.1) is 6.92 Å². The highest BCUT2D eigenvalue weighted by Gasteiger charge is 2.34. The molecule has 1 saturated carbocycles. The van der Waals surface area contributed by atoms with Crippen LogP contribution in [0.1, 0.15) is 34.7 Å². The summed E-state index contributed by atoms with van der Waals surface area (Å²) < 4.78 is 5.64. The molecule has 2 aromatic rings. The van der Waals surface area contributed by atoms with Crippen molar-refractivity contribution >= 4 is 23.2 Å². The smallest absolute Gasteiger partial charge is 0.254 e. The fourth-order valence-electron chi connectivity index (χ4n) is 3.25. The van der Waals surface area contributed by atoms with E-state index in [0.29, 0.717) is 24.3 Å². The number of anilines is 2. The monoisotopic (exact) mass is 339 g/mol. The first kappa shape index (κ1) is 15.7. The van der Waals surface area contributed by atoms with Gasteiger partial charge in [0.1, 0.15) is 11.5 Å². The first-order chi connectivity index (χ1) is 12.0. The van der Waals surface area contributed by atoms with E-state index >= 15 is 0 Å². The third-order valence-corrected chi connectivity index (χ3v) is 4.68. The van der Waals surface area contributed by atoms with E-state index in [2.05, 4.69) is 5.32 Å². The largest absolute Gasteiger partial charge is 0.464 e. The van der Waals surface area contributed by atoms with Crippen molar-refractivity contribution in [1.82, 2.24) is 4.90 Å². The molecular formula is C19H21N3O3. The Morgan fingerprint density at radius 1 is 1.32 bits per heavy atom. The minimum Gasteiger partial charge on any atom is -0.464 e. The Morgan fingerprint density at radius 3 is 2.80 bits per heavy atom. The zero-order chi connectivity index (χ0) is 17.6. The van der Waals surface area contributed by atoms with Gasteiger partial charge in [-0.05, 0) is 50.1 Å². The van der Waals surface area contributed by atoms with Crippen molar-refractivity contribution in [2.45, 2.75) is 32.4 Å². The molecule has 130 valence electrons. The van der Waals surface area contributed by atoms with Crippen LogP contribution in [0.3, 0.4) is 0 Å². The molecule has 1 aliphatic heterocycles. The van der Waals surface area contributed by atoms with Crippen molar-refractivity contribution in [3.05, 3.63) is 47.4 Å². The molecule has 0 spiro atoms. The van der Waals surface area contributed by atoms with Crippen LogP contribution in [-0.2, 0) is 11.3 Å². The maximum Gasteiger partial charge on any atom is 0.254 e. The van der Waals surface area contributed by atoms with E-state index in [-0.39, 0.29) is 17.9 Å². The number of fused-ring (bicyclic) bond motifs is 1. The topological polar surface area (TPSA) is 65.8 Å². The summed E-state index contributed by atoms with van der Waals surface area (Å²) in [5, 5.41) is 2.85. The van der Waals surface area contributed by atoms with Crippen molar-refractivity contribution in [3.8, 4) is 0 Å². The molecule has 1 fully saturated rings. The number of nitrogens with zero attached hydrogens (tertiary/aromatic N) is 2. The van der Waals surface area contributed by atoms with Crippen molar-refractivity contribution in [2.75, 3.05) is 23.8 Å². The van der Waals surface area contributed by atoms with Gasteiger partial charge >= 0.3 is 0 Å². The van der Waals surface area contributed by atoms with Crippen LogP contribution in [0.15, 0.2) is 34.7 Å². The van der Waals surface area contributed by atoms with Crippen LogP contribution in [0.5, 0.6) is 0 Å². The number of likely N-dealkylation sites (N-methyl/N-ethyl adjacent to an activating group) is 1. The lowest BCUT2D eigenvalue weighted by Crippen LogP contribution is -2.36. The minimum absolute atomic E-state index is 0.0261. The van der Waals surface area contributed by atoms with Crippen molar-refractivity contribution in [3.63, 3.8) is 0 Å². The molecule has 2 heterocycles. The number of nitrogens with one attached hydrogen (secondary N) is 1. The SMILES string of the molecule is Cc1ccc(CN(C(=O)c2ccc3c(c2)NC(=O)CN3C)C2CC2)o1. The first-order valence-electron chi connectivity index (χ1n) is 8.52. The van der Waals surface area contributed by atoms with Gasteiger partial charge in [0, 0.05) is 18.7 Å². The molecular weight excluding hydrogens is 318 g/mol. The Kier molecular flexibility index (Phi) is 3.75. The van der Waals surface area contributed by atoms with Crippen LogP contribution in [-0.4, -0.2) is 36.3 Å². The lowest BCUT2D eigenvalue weighted by atomic mass is 10.1. The zero-order valence-electron chi connectivity index (χ0n) is 14.4. The molecule has 25 heavy (non-hydrogen) atoms. The molecule has 0 saturated heterocycles. The Hall–Kier alpha value is -2.76. The third-order valence-electron chi connectivity index (χ3n) is 4.68. The summed E-state index contributed by atoms with van der Waals surface area (Å²) in [7, 11) is 1.87. The van der Waals surface area contributed by atoms with E-state index in [9.17, 15) is 9.59 Å². The van der Waals surface area contributed by atoms with Gasteiger partial charge in [-0.15, -0.1) is 0 Å². The number of carbonyl (C=O) groups is 2. The highest BCUT2D eigenvalue weighted by Crippen LogP contribution is 2.33. The predicted octanol–water partition coefficient (Wildman–Crippen LogP) is 2.78. The summed E-state index contributed by atoms with van der Waals surface area (Å²) in [6, 6.07) is 9.59. The molecule has 1 aromatic heterocycles. The summed E-state index contributed by atoms with van der Waals surface area (Å²) in [4.78, 5) is 28.5. The van der Waals surface area contributed by atoms with Gasteiger partial charge in [-0.1, -0.05) is 0 Å². The number of amides is 2. The van der Waals surface area contributed by atoms with Gasteiger partial charge in [-0.25, -0.2) is 0 Å². The van der Waals surface area contributed by atoms with Gasteiger partial charge in [-0.3, -0.25) is 9.59 Å². The molecule has 1 N–H and O–H groups in total. The maximum absolute atomic E-state index is 13.0. The zero-order valence-corrected chi connectivity index (χ0v) is 14.4. The standard InChI is InChI=1S/C19H21N3O3/c1-12-3-7-15(25-12)10-22(14-5-6-14)19(24)13-4-8-17-16(9-13)20-18(23)11-21(17)2/h3-4,7-9,14H,5-6,10-11H2,1-2H3,(H,20,23). The van der Waals surface area contributed by atoms with E-state index in [4.69, 9.17) is 4.42 Å². The Bertz CT molecular complexity index is 838. The Labute approximate surface area is 146 Å². The summed E-state index contributed by atoms with van der Waals surface area (Å²) in [6.07, 6.45) is 2.05. The second kappa shape index (κ2) is 5.95. The average molecular weight is 339 g/mol. The summed E-state index contributed by atoms with van der Waals surface area (Å²) in [5.41, 5.74) is 2.20. The van der Waals surface area contributed by atoms with E-state index in [1.165, 1.54) is 0 Å². The molecule has 1 aromatic carbocycles. The number of hydrogen-bond donors (Lipinski definition) is 1. The lowest BCUT2D eigenvalue weighted by Gasteiger charge is -2.28. The molecule has 0 unspecified atom stereocenters. The maximum atomic E-state index is 13.0. The van der Waals surface area contributed by atoms with Crippen molar-refractivity contribution < 1.29 is 14.0 Å². The van der Waals surface area contributed by atoms with Gasteiger partial charge in [-0.2, -0.15) is 0 Å². The molecule has 0 radical (unpaired) electrons. The van der Waals surface area contributed by atoms with E-state index < -0.39 is 0 Å². The fraction of sp³-hybridized carbons (Fsp3) is 0.368. The number of hydrogen-bond acceptors (Lipinski definition) is 4. The van der Waals surface area contributed by atoms with E-state index in [1.54, 1.807) is 6.07 Å². The van der Waals surface area contributed by atoms with Crippen LogP contribution in [0.4, 0.5) is 11.4 Å². The van der Waals surface area contributed by atoms with Crippen LogP contribution >= 0.6 is 0 Å². The van der Waals surface area contributed by atoms with Crippen molar-refractivity contribution in [2.24, 2.45) is 0 Å². The molecule has 6 heteroatoms.